The van der Waals surface area contributed by atoms with Crippen molar-refractivity contribution in [1.82, 2.24) is 0 Å². The number of phenols is 2. The van der Waals surface area contributed by atoms with E-state index in [9.17, 15) is 59.5 Å². The topological polar surface area (TPSA) is 237 Å². The van der Waals surface area contributed by atoms with Crippen molar-refractivity contribution in [3.8, 4) is 11.5 Å². The molecule has 0 saturated carbocycles. The lowest BCUT2D eigenvalue weighted by atomic mass is 10.2. The third kappa shape index (κ3) is 11.6. The Kier molecular flexibility index (Phi) is 14.4. The summed E-state index contributed by atoms with van der Waals surface area (Å²) in [6.45, 7) is 1.89. The summed E-state index contributed by atoms with van der Waals surface area (Å²) in [4.78, 5) is 44.7. The van der Waals surface area contributed by atoms with Gasteiger partial charge < -0.3 is 20.8 Å². The molecule has 6 aromatic rings. The summed E-state index contributed by atoms with van der Waals surface area (Å²) in [5.41, 5.74) is 0.361. The van der Waals surface area contributed by atoms with E-state index in [0.29, 0.717) is 38.1 Å². The van der Waals surface area contributed by atoms with Crippen LogP contribution in [0.3, 0.4) is 0 Å². The number of hydrogen-bond donors (Lipinski definition) is 4. The van der Waals surface area contributed by atoms with Gasteiger partial charge in [0.05, 0.1) is 43.2 Å². The van der Waals surface area contributed by atoms with Crippen molar-refractivity contribution in [2.45, 2.75) is 39.6 Å². The average Bonchev–Trinajstić information content (AvgIpc) is 3.21. The van der Waals surface area contributed by atoms with Crippen molar-refractivity contribution in [3.63, 3.8) is 0 Å². The second-order valence-corrected chi connectivity index (χ2v) is 15.1. The molecule has 6 aromatic carbocycles. The predicted octanol–water partition coefficient (Wildman–Crippen LogP) is 11.2. The van der Waals surface area contributed by atoms with Crippen LogP contribution >= 0.6 is 35.1 Å². The number of nitro groups is 4. The first-order valence-corrected chi connectivity index (χ1v) is 19.0. The Bertz CT molecular complexity index is 2430. The number of nitro benzene ring substituents is 4. The number of rotatable bonds is 14. The van der Waals surface area contributed by atoms with Gasteiger partial charge in [0.1, 0.15) is 0 Å². The number of aromatic hydroxyl groups is 2. The molecule has 60 heavy (non-hydrogen) atoms. The number of aryl methyl sites for hydroxylation is 1. The van der Waals surface area contributed by atoms with E-state index in [1.54, 1.807) is 36.4 Å². The second-order valence-electron chi connectivity index (χ2n) is 12.4. The monoisotopic (exact) mass is 878 g/mol. The number of hydrogen-bond acceptors (Lipinski definition) is 14. The van der Waals surface area contributed by atoms with Crippen LogP contribution in [0, 0.1) is 59.0 Å². The highest BCUT2D eigenvalue weighted by atomic mass is 35.5. The third-order valence-electron chi connectivity index (χ3n) is 8.26. The van der Waals surface area contributed by atoms with E-state index in [1.165, 1.54) is 47.8 Å². The van der Waals surface area contributed by atoms with Crippen molar-refractivity contribution in [3.05, 3.63) is 183 Å². The molecule has 0 aromatic heterocycles. The van der Waals surface area contributed by atoms with Gasteiger partial charge >= 0.3 is 0 Å². The number of non-ortho nitro benzene ring substituents is 4. The summed E-state index contributed by atoms with van der Waals surface area (Å²) in [6, 6.07) is 26.5. The van der Waals surface area contributed by atoms with E-state index >= 15 is 0 Å². The molecule has 0 bridgehead atoms. The molecule has 0 unspecified atom stereocenters. The molecule has 6 rings (SSSR count). The van der Waals surface area contributed by atoms with Crippen molar-refractivity contribution < 1.29 is 38.7 Å². The predicted molar refractivity (Wildman–Crippen MR) is 221 cm³/mol. The highest BCUT2D eigenvalue weighted by Crippen LogP contribution is 2.38. The molecule has 0 aliphatic carbocycles. The van der Waals surface area contributed by atoms with E-state index in [1.807, 2.05) is 31.2 Å². The van der Waals surface area contributed by atoms with Crippen LogP contribution in [0.25, 0.3) is 0 Å². The lowest BCUT2D eigenvalue weighted by Gasteiger charge is -2.13. The zero-order valence-corrected chi connectivity index (χ0v) is 33.1. The summed E-state index contributed by atoms with van der Waals surface area (Å²) in [6.07, 6.45) is 0. The molecule has 16 nitrogen and oxygen atoms in total. The summed E-state index contributed by atoms with van der Waals surface area (Å²) in [5.74, 6) is -3.83. The molecule has 0 atom stereocenters. The van der Waals surface area contributed by atoms with Gasteiger partial charge in [0, 0.05) is 74.1 Å². The van der Waals surface area contributed by atoms with Gasteiger partial charge in [-0.2, -0.15) is 0 Å². The Morgan fingerprint density at radius 1 is 0.550 bits per heavy atom. The highest BCUT2D eigenvalue weighted by molar-refractivity contribution is 7.99. The number of anilines is 2. The van der Waals surface area contributed by atoms with Crippen molar-refractivity contribution >= 4 is 69.2 Å². The van der Waals surface area contributed by atoms with E-state index in [-0.39, 0.29) is 35.8 Å². The Labute approximate surface area is 351 Å². The van der Waals surface area contributed by atoms with Crippen molar-refractivity contribution in [1.29, 1.82) is 0 Å². The molecule has 4 N–H and O–H groups in total. The van der Waals surface area contributed by atoms with Crippen LogP contribution in [-0.2, 0) is 13.1 Å². The maximum atomic E-state index is 13.8. The average molecular weight is 879 g/mol. The summed E-state index contributed by atoms with van der Waals surface area (Å²) in [5, 5.41) is 70.0. The second kappa shape index (κ2) is 19.6. The fraction of sp³-hybridized carbons (Fsp3) is 0.0769. The van der Waals surface area contributed by atoms with Gasteiger partial charge in [0.2, 0.25) is 0 Å². The van der Waals surface area contributed by atoms with E-state index in [2.05, 4.69) is 10.6 Å². The maximum absolute atomic E-state index is 13.8. The van der Waals surface area contributed by atoms with Crippen molar-refractivity contribution in [2.75, 3.05) is 10.6 Å². The van der Waals surface area contributed by atoms with Gasteiger partial charge in [-0.1, -0.05) is 52.8 Å². The van der Waals surface area contributed by atoms with Crippen LogP contribution in [0.15, 0.2) is 129 Å². The van der Waals surface area contributed by atoms with Gasteiger partial charge in [0.15, 0.2) is 23.1 Å². The number of nitrogens with one attached hydrogen (secondary N) is 2. The fourth-order valence-electron chi connectivity index (χ4n) is 5.23. The van der Waals surface area contributed by atoms with Crippen LogP contribution < -0.4 is 10.6 Å². The largest absolute Gasteiger partial charge is 0.503 e. The molecule has 308 valence electrons. The fourth-order valence-corrected chi connectivity index (χ4v) is 7.20. The molecular formula is C39H29ClF2N6O10S2. The summed E-state index contributed by atoms with van der Waals surface area (Å²) >= 11 is 8.60. The standard InChI is InChI=1S/C20H16FN3O5S.C19H13ClFN3O5S/c1-12-2-5-16(6-3-12)30-19-7-4-14(23(26)27)8-13(19)11-22-18-10-15(24(28)29)9-17(21)20(18)25;20-12-1-4-15(5-2-12)30-18-6-3-13(23(26)27)7-11(18)10-22-17-9-14(24(28)29)8-16(21)19(17)25/h2-10,22,25H,11H2,1H3;1-9,22,25H,10H2. The van der Waals surface area contributed by atoms with Gasteiger partial charge in [-0.05, 0) is 66.6 Å². The summed E-state index contributed by atoms with van der Waals surface area (Å²) < 4.78 is 27.6. The minimum Gasteiger partial charge on any atom is -0.503 e. The van der Waals surface area contributed by atoms with E-state index in [0.717, 1.165) is 27.5 Å². The van der Waals surface area contributed by atoms with Gasteiger partial charge in [-0.3, -0.25) is 40.5 Å². The number of halogens is 3. The molecule has 0 saturated heterocycles. The van der Waals surface area contributed by atoms with Crippen LogP contribution in [0.4, 0.5) is 42.9 Å². The quantitative estimate of drug-likeness (QED) is 0.0452. The van der Waals surface area contributed by atoms with Gasteiger partial charge in [-0.15, -0.1) is 0 Å². The van der Waals surface area contributed by atoms with Gasteiger partial charge in [0.25, 0.3) is 22.7 Å². The zero-order valence-electron chi connectivity index (χ0n) is 30.7. The minimum absolute atomic E-state index is 0.0238. The Morgan fingerprint density at radius 3 is 1.28 bits per heavy atom. The van der Waals surface area contributed by atoms with Crippen molar-refractivity contribution in [2.24, 2.45) is 0 Å². The molecule has 0 aliphatic rings. The molecule has 0 aliphatic heterocycles. The molecule has 0 radical (unpaired) electrons. The third-order valence-corrected chi connectivity index (χ3v) is 10.8. The highest BCUT2D eigenvalue weighted by Gasteiger charge is 2.20. The lowest BCUT2D eigenvalue weighted by molar-refractivity contribution is -0.385. The zero-order chi connectivity index (χ0) is 43.7. The molecule has 21 heteroatoms. The molecule has 0 amide bonds. The smallest absolute Gasteiger partial charge is 0.274 e. The maximum Gasteiger partial charge on any atom is 0.274 e. The first-order chi connectivity index (χ1) is 28.5. The van der Waals surface area contributed by atoms with E-state index in [4.69, 9.17) is 11.6 Å². The Hall–Kier alpha value is -7.03. The Balaban J connectivity index is 0.000000228. The van der Waals surface area contributed by atoms with Gasteiger partial charge in [-0.25, -0.2) is 8.78 Å². The lowest BCUT2D eigenvalue weighted by Crippen LogP contribution is -2.04. The van der Waals surface area contributed by atoms with Crippen LogP contribution in [0.2, 0.25) is 5.02 Å². The Morgan fingerprint density at radius 2 is 0.917 bits per heavy atom. The normalized spacial score (nSPS) is 10.6. The van der Waals surface area contributed by atoms with Crippen LogP contribution in [-0.4, -0.2) is 29.9 Å². The first kappa shape index (κ1) is 44.1. The summed E-state index contributed by atoms with van der Waals surface area (Å²) in [7, 11) is 0. The first-order valence-electron chi connectivity index (χ1n) is 17.0. The minimum atomic E-state index is -1.15. The van der Waals surface area contributed by atoms with Crippen LogP contribution in [0.5, 0.6) is 11.5 Å². The SMILES string of the molecule is Cc1ccc(Sc2ccc([N+](=O)[O-])cc2CNc2cc([N+](=O)[O-])cc(F)c2O)cc1.O=[N+]([O-])c1ccc(Sc2ccc(Cl)cc2)c(CNc2cc([N+](=O)[O-])cc(F)c2O)c1. The molecule has 0 fully saturated rings. The number of phenolic OH excluding ortho intramolecular Hbond substituents is 2. The number of nitrogens with zero attached hydrogens (tertiary/aromatic N) is 4. The molecule has 0 heterocycles. The number of benzene rings is 6. The molecule has 0 spiro atoms. The van der Waals surface area contributed by atoms with Crippen LogP contribution in [0.1, 0.15) is 16.7 Å². The van der Waals surface area contributed by atoms with E-state index < -0.39 is 54.2 Å². The molecular weight excluding hydrogens is 850 g/mol.